The van der Waals surface area contributed by atoms with E-state index in [9.17, 15) is 5.11 Å². The second-order valence-electron chi connectivity index (χ2n) is 10.6. The van der Waals surface area contributed by atoms with Gasteiger partial charge in [-0.15, -0.1) is 5.10 Å². The molecule has 0 bridgehead atoms. The van der Waals surface area contributed by atoms with Crippen LogP contribution in [0.4, 0.5) is 5.95 Å². The molecule has 8 heteroatoms. The van der Waals surface area contributed by atoms with Crippen LogP contribution in [0.25, 0.3) is 16.6 Å². The minimum absolute atomic E-state index is 0.111. The van der Waals surface area contributed by atoms with Crippen molar-refractivity contribution in [3.8, 4) is 11.1 Å². The molecule has 2 fully saturated rings. The fourth-order valence-electron chi connectivity index (χ4n) is 5.57. The summed E-state index contributed by atoms with van der Waals surface area (Å²) in [6, 6.07) is 11.4. The molecular weight excluding hydrogens is 452 g/mol. The van der Waals surface area contributed by atoms with E-state index in [4.69, 9.17) is 9.84 Å². The lowest BCUT2D eigenvalue weighted by Gasteiger charge is -2.25. The van der Waals surface area contributed by atoms with Gasteiger partial charge < -0.3 is 25.8 Å². The Morgan fingerprint density at radius 3 is 2.56 bits per heavy atom. The summed E-state index contributed by atoms with van der Waals surface area (Å²) in [6.45, 7) is 4.59. The summed E-state index contributed by atoms with van der Waals surface area (Å²) in [4.78, 5) is 4.64. The van der Waals surface area contributed by atoms with Crippen LogP contribution in [0.1, 0.15) is 62.6 Å². The zero-order valence-electron chi connectivity index (χ0n) is 21.8. The highest BCUT2D eigenvalue weighted by Crippen LogP contribution is 2.46. The van der Waals surface area contributed by atoms with Gasteiger partial charge in [0.15, 0.2) is 0 Å². The molecule has 36 heavy (non-hydrogen) atoms. The van der Waals surface area contributed by atoms with Crippen LogP contribution in [0, 0.1) is 0 Å². The first kappa shape index (κ1) is 25.1. The van der Waals surface area contributed by atoms with Crippen molar-refractivity contribution in [2.75, 3.05) is 39.2 Å². The molecule has 0 radical (unpaired) electrons. The van der Waals surface area contributed by atoms with Gasteiger partial charge in [0.25, 0.3) is 0 Å². The Hall–Kier alpha value is -2.52. The zero-order chi connectivity index (χ0) is 25.1. The lowest BCUT2D eigenvalue weighted by molar-refractivity contribution is 0.121. The fraction of sp³-hybridized carbons (Fsp3) is 0.571. The molecule has 0 saturated heterocycles. The summed E-state index contributed by atoms with van der Waals surface area (Å²) in [6.07, 6.45) is 7.75. The lowest BCUT2D eigenvalue weighted by atomic mass is 9.85. The van der Waals surface area contributed by atoms with E-state index in [0.29, 0.717) is 18.5 Å². The van der Waals surface area contributed by atoms with E-state index in [-0.39, 0.29) is 17.7 Å². The van der Waals surface area contributed by atoms with E-state index in [1.54, 1.807) is 7.11 Å². The van der Waals surface area contributed by atoms with Gasteiger partial charge in [-0.2, -0.15) is 0 Å². The van der Waals surface area contributed by atoms with E-state index in [2.05, 4.69) is 62.7 Å². The molecule has 1 atom stereocenters. The van der Waals surface area contributed by atoms with Crippen molar-refractivity contribution < 1.29 is 9.84 Å². The molecule has 2 aromatic heterocycles. The molecule has 2 aliphatic carbocycles. The van der Waals surface area contributed by atoms with Crippen molar-refractivity contribution in [1.82, 2.24) is 25.2 Å². The maximum Gasteiger partial charge on any atom is 0.241 e. The number of hydrogen-bond acceptors (Lipinski definition) is 7. The van der Waals surface area contributed by atoms with Crippen LogP contribution in [-0.2, 0) is 10.3 Å². The number of methoxy groups -OCH3 is 1. The highest BCUT2D eigenvalue weighted by Gasteiger charge is 2.43. The van der Waals surface area contributed by atoms with Crippen molar-refractivity contribution in [2.24, 2.45) is 0 Å². The number of aromatic nitrogens is 3. The van der Waals surface area contributed by atoms with Gasteiger partial charge in [0.05, 0.1) is 24.4 Å². The molecule has 4 N–H and O–H groups in total. The first-order valence-electron chi connectivity index (χ1n) is 13.4. The van der Waals surface area contributed by atoms with Gasteiger partial charge in [-0.25, -0.2) is 9.50 Å². The van der Waals surface area contributed by atoms with Crippen LogP contribution in [0.15, 0.2) is 36.5 Å². The minimum atomic E-state index is -0.183. The first-order valence-corrected chi connectivity index (χ1v) is 13.4. The summed E-state index contributed by atoms with van der Waals surface area (Å²) in [7, 11) is 3.69. The van der Waals surface area contributed by atoms with Crippen LogP contribution in [0.5, 0.6) is 0 Å². The van der Waals surface area contributed by atoms with Gasteiger partial charge in [-0.3, -0.25) is 0 Å². The topological polar surface area (TPSA) is 95.7 Å². The molecule has 5 rings (SSSR count). The van der Waals surface area contributed by atoms with Gasteiger partial charge in [0.1, 0.15) is 0 Å². The van der Waals surface area contributed by atoms with Crippen molar-refractivity contribution in [2.45, 2.75) is 69.1 Å². The number of anilines is 1. The predicted octanol–water partition coefficient (Wildman–Crippen LogP) is 3.66. The third kappa shape index (κ3) is 5.27. The average molecular weight is 493 g/mol. The van der Waals surface area contributed by atoms with E-state index in [0.717, 1.165) is 49.9 Å². The van der Waals surface area contributed by atoms with Crippen LogP contribution < -0.4 is 16.0 Å². The Kier molecular flexibility index (Phi) is 7.57. The Morgan fingerprint density at radius 2 is 1.89 bits per heavy atom. The van der Waals surface area contributed by atoms with E-state index < -0.39 is 0 Å². The molecule has 2 saturated carbocycles. The van der Waals surface area contributed by atoms with Gasteiger partial charge in [-0.1, -0.05) is 24.3 Å². The minimum Gasteiger partial charge on any atom is -0.393 e. The molecule has 2 aliphatic rings. The van der Waals surface area contributed by atoms with Crippen LogP contribution in [0.3, 0.4) is 0 Å². The Bertz CT molecular complexity index is 1150. The number of rotatable bonds is 11. The second kappa shape index (κ2) is 10.8. The summed E-state index contributed by atoms with van der Waals surface area (Å²) in [5, 5.41) is 25.3. The average Bonchev–Trinajstić information content (AvgIpc) is 3.58. The largest absolute Gasteiger partial charge is 0.393 e. The molecule has 0 unspecified atom stereocenters. The van der Waals surface area contributed by atoms with E-state index >= 15 is 0 Å². The number of aliphatic hydroxyl groups excluding tert-OH is 1. The third-order valence-corrected chi connectivity index (χ3v) is 7.79. The number of hydrogen-bond donors (Lipinski definition) is 4. The SMILES string of the molecule is CNCCNC1(c2ccc(-c3cc([C@H]4CC[C@H](O)CC4)n4nc(N[C@@H](C)COC)ncc34)cc2)CC1. The Labute approximate surface area is 213 Å². The molecule has 194 valence electrons. The normalized spacial score (nSPS) is 22.0. The monoisotopic (exact) mass is 492 g/mol. The van der Waals surface area contributed by atoms with Gasteiger partial charge in [-0.05, 0) is 69.7 Å². The number of aliphatic hydroxyl groups is 1. The molecule has 0 spiro atoms. The molecule has 8 nitrogen and oxygen atoms in total. The highest BCUT2D eigenvalue weighted by molar-refractivity contribution is 5.81. The number of likely N-dealkylation sites (N-methyl/N-ethyl adjacent to an activating group) is 1. The molecule has 1 aromatic carbocycles. The Balaban J connectivity index is 1.46. The van der Waals surface area contributed by atoms with Crippen molar-refractivity contribution >= 4 is 11.5 Å². The molecule has 3 aromatic rings. The van der Waals surface area contributed by atoms with Gasteiger partial charge in [0.2, 0.25) is 5.95 Å². The number of ether oxygens (including phenoxy) is 1. The molecule has 0 amide bonds. The van der Waals surface area contributed by atoms with E-state index in [1.807, 2.05) is 13.2 Å². The maximum absolute atomic E-state index is 10.1. The smallest absolute Gasteiger partial charge is 0.241 e. The Morgan fingerprint density at radius 1 is 1.14 bits per heavy atom. The molecule has 2 heterocycles. The number of nitrogens with one attached hydrogen (secondary N) is 3. The van der Waals surface area contributed by atoms with E-state index in [1.165, 1.54) is 29.7 Å². The first-order chi connectivity index (χ1) is 17.5. The summed E-state index contributed by atoms with van der Waals surface area (Å²) >= 11 is 0. The van der Waals surface area contributed by atoms with Crippen LogP contribution in [0.2, 0.25) is 0 Å². The highest BCUT2D eigenvalue weighted by atomic mass is 16.5. The van der Waals surface area contributed by atoms with Crippen molar-refractivity contribution in [3.63, 3.8) is 0 Å². The van der Waals surface area contributed by atoms with Crippen molar-refractivity contribution in [3.05, 3.63) is 47.8 Å². The summed E-state index contributed by atoms with van der Waals surface area (Å²) in [5.74, 6) is 0.976. The maximum atomic E-state index is 10.1. The molecule has 0 aliphatic heterocycles. The fourth-order valence-corrected chi connectivity index (χ4v) is 5.57. The standard InChI is InChI=1S/C28H40N6O2/c1-19(18-36-3)32-27-30-17-26-24(16-25(34(26)33-27)21-6-10-23(35)11-7-21)20-4-8-22(9-5-20)28(12-13-28)31-15-14-29-2/h4-5,8-9,16-17,19,21,23,29,31,35H,6-7,10-15,18H2,1-3H3,(H,32,33)/t19-,21-,23-/m0/s1. The van der Waals surface area contributed by atoms with Gasteiger partial charge in [0, 0.05) is 49.0 Å². The lowest BCUT2D eigenvalue weighted by Crippen LogP contribution is -2.34. The summed E-state index contributed by atoms with van der Waals surface area (Å²) < 4.78 is 7.33. The number of fused-ring (bicyclic) bond motifs is 1. The van der Waals surface area contributed by atoms with Crippen LogP contribution in [-0.4, -0.2) is 65.7 Å². The summed E-state index contributed by atoms with van der Waals surface area (Å²) in [5.41, 5.74) is 6.06. The third-order valence-electron chi connectivity index (χ3n) is 7.79. The second-order valence-corrected chi connectivity index (χ2v) is 10.6. The number of nitrogens with zero attached hydrogens (tertiary/aromatic N) is 3. The van der Waals surface area contributed by atoms with Gasteiger partial charge >= 0.3 is 0 Å². The zero-order valence-corrected chi connectivity index (χ0v) is 21.8. The predicted molar refractivity (Wildman–Crippen MR) is 143 cm³/mol. The quantitative estimate of drug-likeness (QED) is 0.304. The number of benzene rings is 1. The molecular formula is C28H40N6O2. The van der Waals surface area contributed by atoms with Crippen LogP contribution >= 0.6 is 0 Å². The van der Waals surface area contributed by atoms with Crippen molar-refractivity contribution in [1.29, 1.82) is 0 Å².